The van der Waals surface area contributed by atoms with E-state index in [1.54, 1.807) is 0 Å². The molecule has 0 spiro atoms. The number of hydrogen-bond donors (Lipinski definition) is 2. The van der Waals surface area contributed by atoms with E-state index in [1.807, 2.05) is 0 Å². The van der Waals surface area contributed by atoms with Crippen LogP contribution in [0.15, 0.2) is 0 Å². The number of rotatable bonds is 0. The Bertz CT molecular complexity index is 30.5. The van der Waals surface area contributed by atoms with Gasteiger partial charge in [0.15, 0.2) is 0 Å². The third-order valence-corrected chi connectivity index (χ3v) is 0. The van der Waals surface area contributed by atoms with Crippen LogP contribution in [0.5, 0.6) is 0 Å². The summed E-state index contributed by atoms with van der Waals surface area (Å²) in [7, 11) is 0. The maximum atomic E-state index is 8.56. The van der Waals surface area contributed by atoms with Crippen LogP contribution < -0.4 is 0 Å². The molecule has 0 aromatic heterocycles. The normalized spacial score (nSPS) is 4.00. The van der Waals surface area contributed by atoms with Crippen molar-refractivity contribution in [2.24, 2.45) is 0 Å². The van der Waals surface area contributed by atoms with Crippen LogP contribution in [0.4, 0.5) is 4.79 Å². The van der Waals surface area contributed by atoms with Gasteiger partial charge in [-0.05, 0) is 0 Å². The third-order valence-electron chi connectivity index (χ3n) is 0. The Morgan fingerprint density at radius 1 is 1.33 bits per heavy atom. The van der Waals surface area contributed by atoms with Crippen molar-refractivity contribution in [2.75, 3.05) is 0 Å². The van der Waals surface area contributed by atoms with Crippen molar-refractivity contribution in [3.63, 3.8) is 0 Å². The Morgan fingerprint density at radius 2 is 1.33 bits per heavy atom. The molecule has 0 bridgehead atoms. The quantitative estimate of drug-likeness (QED) is 0.582. The van der Waals surface area contributed by atoms with Crippen LogP contribution in [-0.4, -0.2) is 21.8 Å². The monoisotopic (exact) mass is 232 g/mol. The van der Waals surface area contributed by atoms with E-state index in [9.17, 15) is 0 Å². The van der Waals surface area contributed by atoms with Crippen molar-refractivity contribution in [2.45, 2.75) is 0 Å². The van der Waals surface area contributed by atoms with Gasteiger partial charge in [0.1, 0.15) is 0 Å². The van der Waals surface area contributed by atoms with Gasteiger partial charge in [0.05, 0.1) is 0 Å². The van der Waals surface area contributed by atoms with E-state index in [0.717, 1.165) is 0 Å². The zero-order chi connectivity index (χ0) is 3.58. The molecule has 0 atom stereocenters. The van der Waals surface area contributed by atoms with Gasteiger partial charge in [-0.2, -0.15) is 0 Å². The summed E-state index contributed by atoms with van der Waals surface area (Å²) in [5.74, 6) is 0. The molecule has 0 rings (SSSR count). The standard InChI is InChI=1S/CH2O3.H2O.Sm/c2-1(3)4;;/h(H2,2,3,4);1H2;. The molecule has 5 heteroatoms. The molecule has 4 N–H and O–H groups in total. The molecule has 0 heterocycles. The van der Waals surface area contributed by atoms with Gasteiger partial charge in [0, 0.05) is 40.4 Å². The van der Waals surface area contributed by atoms with Crippen molar-refractivity contribution in [1.82, 2.24) is 0 Å². The van der Waals surface area contributed by atoms with E-state index in [2.05, 4.69) is 0 Å². The maximum absolute atomic E-state index is 8.56. The summed E-state index contributed by atoms with van der Waals surface area (Å²) in [6.45, 7) is 0. The second-order valence-corrected chi connectivity index (χ2v) is 0.283. The van der Waals surface area contributed by atoms with Gasteiger partial charge in [-0.3, -0.25) is 0 Å². The summed E-state index contributed by atoms with van der Waals surface area (Å²) >= 11 is 0. The van der Waals surface area contributed by atoms with E-state index in [1.165, 1.54) is 0 Å². The average Bonchev–Trinajstić information content (AvgIpc) is 0.811. The molecule has 0 aliphatic rings. The third kappa shape index (κ3) is 180. The molecule has 0 aliphatic heterocycles. The Balaban J connectivity index is -0.0000000450. The summed E-state index contributed by atoms with van der Waals surface area (Å²) in [5.41, 5.74) is 0. The van der Waals surface area contributed by atoms with E-state index >= 15 is 0 Å². The van der Waals surface area contributed by atoms with Gasteiger partial charge in [-0.15, -0.1) is 0 Å². The van der Waals surface area contributed by atoms with Gasteiger partial charge < -0.3 is 15.7 Å². The van der Waals surface area contributed by atoms with Crippen LogP contribution in [-0.2, 0) is 0 Å². The fourth-order valence-corrected chi connectivity index (χ4v) is 0. The van der Waals surface area contributed by atoms with Crippen molar-refractivity contribution in [1.29, 1.82) is 0 Å². The van der Waals surface area contributed by atoms with Crippen LogP contribution in [0.2, 0.25) is 0 Å². The molecular formula is CH4O4Sm. The molecule has 0 saturated heterocycles. The second-order valence-electron chi connectivity index (χ2n) is 0.283. The Morgan fingerprint density at radius 3 is 1.33 bits per heavy atom. The fourth-order valence-electron chi connectivity index (χ4n) is 0. The summed E-state index contributed by atoms with van der Waals surface area (Å²) in [4.78, 5) is 8.56. The first-order valence-electron chi connectivity index (χ1n) is 0.651. The zero-order valence-electron chi connectivity index (χ0n) is 2.71. The smallest absolute Gasteiger partial charge is 0.450 e. The van der Waals surface area contributed by atoms with Crippen LogP contribution >= 0.6 is 0 Å². The molecule has 0 radical (unpaired) electrons. The fraction of sp³-hybridized carbons (Fsp3) is 0. The SMILES string of the molecule is O.O=C(O)O.[Sm]. The summed E-state index contributed by atoms with van der Waals surface area (Å²) < 4.78 is 0. The van der Waals surface area contributed by atoms with Gasteiger partial charge in [0.2, 0.25) is 0 Å². The Hall–Kier alpha value is 0.568. The molecule has 0 aromatic rings. The molecule has 0 fully saturated rings. The first-order valence-corrected chi connectivity index (χ1v) is 0.651. The molecule has 0 amide bonds. The zero-order valence-corrected chi connectivity index (χ0v) is 5.33. The van der Waals surface area contributed by atoms with E-state index in [-0.39, 0.29) is 45.9 Å². The summed E-state index contributed by atoms with van der Waals surface area (Å²) in [5, 5.41) is 13.9. The van der Waals surface area contributed by atoms with Crippen molar-refractivity contribution in [3.05, 3.63) is 0 Å². The van der Waals surface area contributed by atoms with E-state index in [4.69, 9.17) is 15.0 Å². The molecule has 0 unspecified atom stereocenters. The van der Waals surface area contributed by atoms with Gasteiger partial charge in [-0.25, -0.2) is 4.79 Å². The average molecular weight is 230 g/mol. The van der Waals surface area contributed by atoms with Crippen LogP contribution in [0, 0.1) is 40.4 Å². The second kappa shape index (κ2) is 9.13. The van der Waals surface area contributed by atoms with E-state index in [0.29, 0.717) is 0 Å². The molecule has 6 heavy (non-hydrogen) atoms. The Kier molecular flexibility index (Phi) is 24.3. The molecule has 0 saturated carbocycles. The van der Waals surface area contributed by atoms with Gasteiger partial charge in [-0.1, -0.05) is 0 Å². The van der Waals surface area contributed by atoms with Gasteiger partial charge >= 0.3 is 6.16 Å². The van der Waals surface area contributed by atoms with Gasteiger partial charge in [0.25, 0.3) is 0 Å². The first-order chi connectivity index (χ1) is 1.73. The summed E-state index contributed by atoms with van der Waals surface area (Å²) in [6.07, 6.45) is -1.83. The number of carbonyl (C=O) groups is 1. The molecular weight excluding hydrogens is 226 g/mol. The molecule has 0 aliphatic carbocycles. The largest absolute Gasteiger partial charge is 0.503 e. The van der Waals surface area contributed by atoms with Crippen molar-refractivity contribution >= 4 is 6.16 Å². The molecule has 4 nitrogen and oxygen atoms in total. The topological polar surface area (TPSA) is 89.0 Å². The predicted molar refractivity (Wildman–Crippen MR) is 14.3 cm³/mol. The van der Waals surface area contributed by atoms with Crippen LogP contribution in [0.25, 0.3) is 0 Å². The maximum Gasteiger partial charge on any atom is 0.503 e. The summed E-state index contributed by atoms with van der Waals surface area (Å²) in [6, 6.07) is 0. The first kappa shape index (κ1) is 16.0. The van der Waals surface area contributed by atoms with E-state index < -0.39 is 6.16 Å². The minimum absolute atomic E-state index is 0. The Labute approximate surface area is 66.6 Å². The predicted octanol–water partition coefficient (Wildman–Crippen LogP) is -0.602. The number of carboxylic acid groups (broad SMARTS) is 2. The van der Waals surface area contributed by atoms with Crippen molar-refractivity contribution < 1.29 is 60.9 Å². The van der Waals surface area contributed by atoms with Crippen LogP contribution in [0.1, 0.15) is 0 Å². The number of hydrogen-bond acceptors (Lipinski definition) is 1. The minimum atomic E-state index is -1.83. The molecule has 38 valence electrons. The minimum Gasteiger partial charge on any atom is -0.450 e. The molecule has 0 aromatic carbocycles. The van der Waals surface area contributed by atoms with Crippen LogP contribution in [0.3, 0.4) is 0 Å². The van der Waals surface area contributed by atoms with Crippen molar-refractivity contribution in [3.8, 4) is 0 Å².